The molecule has 0 bridgehead atoms. The summed E-state index contributed by atoms with van der Waals surface area (Å²) >= 11 is 0. The van der Waals surface area contributed by atoms with E-state index >= 15 is 0 Å². The molecule has 8 nitrogen and oxygen atoms in total. The minimum Gasteiger partial charge on any atom is -0.756 e. The molecule has 0 aliphatic carbocycles. The van der Waals surface area contributed by atoms with E-state index in [9.17, 15) is 19.4 Å². The predicted molar refractivity (Wildman–Crippen MR) is 279 cm³/mol. The number of quaternary nitrogens is 1. The number of allylic oxidation sites excluding steroid dienone is 5. The number of phosphoric acid groups is 1. The van der Waals surface area contributed by atoms with Crippen molar-refractivity contribution in [3.05, 3.63) is 36.5 Å². The molecular formula is C56H109N2O6P. The molecule has 0 spiro atoms. The lowest BCUT2D eigenvalue weighted by Crippen LogP contribution is -2.45. The fourth-order valence-corrected chi connectivity index (χ4v) is 8.89. The van der Waals surface area contributed by atoms with Crippen molar-refractivity contribution in [2.75, 3.05) is 40.9 Å². The Morgan fingerprint density at radius 2 is 0.862 bits per heavy atom. The van der Waals surface area contributed by atoms with E-state index in [2.05, 4.69) is 43.5 Å². The first-order chi connectivity index (χ1) is 31.5. The highest BCUT2D eigenvalue weighted by Crippen LogP contribution is 2.38. The van der Waals surface area contributed by atoms with E-state index in [4.69, 9.17) is 9.05 Å². The van der Waals surface area contributed by atoms with E-state index in [1.165, 1.54) is 205 Å². The molecule has 0 fully saturated rings. The Hall–Kier alpha value is -1.28. The third-order valence-electron chi connectivity index (χ3n) is 12.6. The van der Waals surface area contributed by atoms with Crippen molar-refractivity contribution in [3.63, 3.8) is 0 Å². The van der Waals surface area contributed by atoms with Gasteiger partial charge in [-0.1, -0.05) is 237 Å². The Morgan fingerprint density at radius 1 is 0.523 bits per heavy atom. The zero-order valence-corrected chi connectivity index (χ0v) is 44.6. The number of unbranched alkanes of at least 4 members (excludes halogenated alkanes) is 34. The van der Waals surface area contributed by atoms with Gasteiger partial charge >= 0.3 is 0 Å². The van der Waals surface area contributed by atoms with Crippen molar-refractivity contribution in [2.45, 2.75) is 276 Å². The van der Waals surface area contributed by atoms with Crippen LogP contribution in [0.15, 0.2) is 36.5 Å². The van der Waals surface area contributed by atoms with Crippen molar-refractivity contribution in [2.24, 2.45) is 0 Å². The van der Waals surface area contributed by atoms with E-state index in [1.807, 2.05) is 27.2 Å². The standard InChI is InChI=1S/C56H109N2O6P/c1-6-8-10-12-14-16-18-20-22-24-26-28-29-30-31-33-35-37-39-41-43-45-47-49-55(59)54(53-64-65(61,62)63-52-51-58(3,4)5)57-56(60)50-48-46-44-42-40-38-36-34-32-27-25-23-21-19-17-15-13-11-9-7-2/h27,32,39,41,47,49,54-55,59H,6-26,28-31,33-38,40,42-46,48,50-53H2,1-5H3,(H-,57,60,61,62)/b32-27-,41-39+,49-47+. The lowest BCUT2D eigenvalue weighted by molar-refractivity contribution is -0.870. The summed E-state index contributed by atoms with van der Waals surface area (Å²) in [5.41, 5.74) is 0. The maximum absolute atomic E-state index is 12.9. The number of aliphatic hydroxyl groups excluding tert-OH is 1. The zero-order valence-electron chi connectivity index (χ0n) is 43.7. The lowest BCUT2D eigenvalue weighted by Gasteiger charge is -2.29. The van der Waals surface area contributed by atoms with Crippen LogP contribution in [0.25, 0.3) is 0 Å². The Bertz CT molecular complexity index is 1150. The minimum atomic E-state index is -4.60. The number of rotatable bonds is 51. The van der Waals surface area contributed by atoms with Crippen LogP contribution in [0, 0.1) is 0 Å². The van der Waals surface area contributed by atoms with Crippen LogP contribution < -0.4 is 10.2 Å². The number of hydrogen-bond donors (Lipinski definition) is 2. The van der Waals surface area contributed by atoms with Gasteiger partial charge in [0, 0.05) is 6.42 Å². The Balaban J connectivity index is 4.29. The van der Waals surface area contributed by atoms with Gasteiger partial charge in [0.2, 0.25) is 5.91 Å². The van der Waals surface area contributed by atoms with Gasteiger partial charge in [0.15, 0.2) is 0 Å². The van der Waals surface area contributed by atoms with Crippen molar-refractivity contribution in [1.29, 1.82) is 0 Å². The number of likely N-dealkylation sites (N-methyl/N-ethyl adjacent to an activating group) is 1. The normalized spacial score (nSPS) is 14.3. The average molecular weight is 937 g/mol. The van der Waals surface area contributed by atoms with Crippen LogP contribution in [0.3, 0.4) is 0 Å². The number of hydrogen-bond acceptors (Lipinski definition) is 6. The molecule has 0 aliphatic rings. The molecule has 3 unspecified atom stereocenters. The second-order valence-corrected chi connectivity index (χ2v) is 21.7. The number of carbonyl (C=O) groups is 1. The summed E-state index contributed by atoms with van der Waals surface area (Å²) in [6, 6.07) is -0.905. The first-order valence-electron chi connectivity index (χ1n) is 27.9. The number of nitrogens with zero attached hydrogens (tertiary/aromatic N) is 1. The second-order valence-electron chi connectivity index (χ2n) is 20.3. The number of nitrogens with one attached hydrogen (secondary N) is 1. The average Bonchev–Trinajstić information content (AvgIpc) is 3.26. The topological polar surface area (TPSA) is 108 Å². The van der Waals surface area contributed by atoms with Gasteiger partial charge in [-0.15, -0.1) is 0 Å². The molecule has 0 saturated carbocycles. The van der Waals surface area contributed by atoms with Gasteiger partial charge in [-0.25, -0.2) is 0 Å². The molecule has 0 aromatic rings. The molecule has 3 atom stereocenters. The third-order valence-corrected chi connectivity index (χ3v) is 13.5. The van der Waals surface area contributed by atoms with Crippen LogP contribution in [-0.2, 0) is 18.4 Å². The first-order valence-corrected chi connectivity index (χ1v) is 29.3. The molecule has 384 valence electrons. The van der Waals surface area contributed by atoms with E-state index < -0.39 is 26.6 Å². The third kappa shape index (κ3) is 50.4. The molecule has 9 heteroatoms. The summed E-state index contributed by atoms with van der Waals surface area (Å²) in [4.78, 5) is 25.5. The van der Waals surface area contributed by atoms with Crippen LogP contribution in [0.1, 0.15) is 264 Å². The Morgan fingerprint density at radius 3 is 1.25 bits per heavy atom. The van der Waals surface area contributed by atoms with E-state index in [0.29, 0.717) is 17.4 Å². The molecule has 0 aliphatic heterocycles. The molecule has 0 aromatic heterocycles. The van der Waals surface area contributed by atoms with Crippen LogP contribution in [0.4, 0.5) is 0 Å². The molecular weight excluding hydrogens is 828 g/mol. The maximum Gasteiger partial charge on any atom is 0.268 e. The van der Waals surface area contributed by atoms with E-state index in [-0.39, 0.29) is 12.5 Å². The molecule has 0 heterocycles. The highest BCUT2D eigenvalue weighted by Gasteiger charge is 2.23. The van der Waals surface area contributed by atoms with Gasteiger partial charge in [-0.2, -0.15) is 0 Å². The van der Waals surface area contributed by atoms with Crippen LogP contribution in [-0.4, -0.2) is 68.5 Å². The zero-order chi connectivity index (χ0) is 47.8. The van der Waals surface area contributed by atoms with E-state index in [0.717, 1.165) is 38.5 Å². The quantitative estimate of drug-likeness (QED) is 0.0272. The van der Waals surface area contributed by atoms with Gasteiger partial charge in [0.05, 0.1) is 39.9 Å². The lowest BCUT2D eigenvalue weighted by atomic mass is 10.0. The Kier molecular flexibility index (Phi) is 46.8. The smallest absolute Gasteiger partial charge is 0.268 e. The number of aliphatic hydroxyl groups is 1. The molecule has 65 heavy (non-hydrogen) atoms. The summed E-state index contributed by atoms with van der Waals surface area (Å²) in [5.74, 6) is -0.209. The fourth-order valence-electron chi connectivity index (χ4n) is 8.17. The van der Waals surface area contributed by atoms with Gasteiger partial charge in [-0.05, 0) is 57.8 Å². The van der Waals surface area contributed by atoms with Crippen molar-refractivity contribution in [1.82, 2.24) is 5.32 Å². The van der Waals surface area contributed by atoms with Crippen molar-refractivity contribution < 1.29 is 32.9 Å². The van der Waals surface area contributed by atoms with Gasteiger partial charge < -0.3 is 28.8 Å². The predicted octanol–water partition coefficient (Wildman–Crippen LogP) is 16.0. The van der Waals surface area contributed by atoms with Gasteiger partial charge in [-0.3, -0.25) is 9.36 Å². The van der Waals surface area contributed by atoms with Crippen LogP contribution >= 0.6 is 7.82 Å². The summed E-state index contributed by atoms with van der Waals surface area (Å²) < 4.78 is 23.3. The highest BCUT2D eigenvalue weighted by molar-refractivity contribution is 7.45. The number of carbonyl (C=O) groups excluding carboxylic acids is 1. The van der Waals surface area contributed by atoms with Crippen LogP contribution in [0.5, 0.6) is 0 Å². The SMILES string of the molecule is CCCCCCCCCCC/C=C\CCCCCCCCCC(=O)NC(COP(=O)([O-])OCC[N+](C)(C)C)C(O)/C=C/CC/C=C/CCCCCCCCCCCCCCCCCCC. The first kappa shape index (κ1) is 63.7. The number of amides is 1. The molecule has 1 amide bonds. The fraction of sp³-hybridized carbons (Fsp3) is 0.875. The maximum atomic E-state index is 12.9. The molecule has 2 N–H and O–H groups in total. The van der Waals surface area contributed by atoms with Gasteiger partial charge in [0.1, 0.15) is 13.2 Å². The highest BCUT2D eigenvalue weighted by atomic mass is 31.2. The monoisotopic (exact) mass is 937 g/mol. The summed E-state index contributed by atoms with van der Waals surface area (Å²) in [6.07, 6.45) is 60.7. The molecule has 0 rings (SSSR count). The molecule has 0 radical (unpaired) electrons. The molecule has 0 aromatic carbocycles. The largest absolute Gasteiger partial charge is 0.756 e. The number of phosphoric ester groups is 1. The second kappa shape index (κ2) is 47.8. The summed E-state index contributed by atoms with van der Waals surface area (Å²) in [6.45, 7) is 4.65. The van der Waals surface area contributed by atoms with E-state index in [1.54, 1.807) is 6.08 Å². The van der Waals surface area contributed by atoms with Gasteiger partial charge in [0.25, 0.3) is 7.82 Å². The summed E-state index contributed by atoms with van der Waals surface area (Å²) in [7, 11) is 1.25. The van der Waals surface area contributed by atoms with Crippen molar-refractivity contribution >= 4 is 13.7 Å². The summed E-state index contributed by atoms with van der Waals surface area (Å²) in [5, 5.41) is 13.9. The molecule has 0 saturated heterocycles. The van der Waals surface area contributed by atoms with Crippen LogP contribution in [0.2, 0.25) is 0 Å². The van der Waals surface area contributed by atoms with Crippen molar-refractivity contribution in [3.8, 4) is 0 Å². The Labute approximate surface area is 404 Å². The minimum absolute atomic E-state index is 0.00667.